The minimum Gasteiger partial charge on any atom is -0.383 e. The number of thiophene rings is 1. The maximum atomic E-state index is 11.4. The lowest BCUT2D eigenvalue weighted by Gasteiger charge is -2.03. The van der Waals surface area contributed by atoms with E-state index in [0.29, 0.717) is 17.8 Å². The van der Waals surface area contributed by atoms with Crippen LogP contribution in [0.15, 0.2) is 12.1 Å². The molecule has 0 bridgehead atoms. The molecule has 1 amide bonds. The third-order valence-electron chi connectivity index (χ3n) is 1.71. The highest BCUT2D eigenvalue weighted by Gasteiger charge is 2.14. The van der Waals surface area contributed by atoms with Crippen molar-refractivity contribution in [2.45, 2.75) is 0 Å². The average Bonchev–Trinajstić information content (AvgIpc) is 2.78. The van der Waals surface area contributed by atoms with Crippen molar-refractivity contribution in [3.8, 4) is 0 Å². The summed E-state index contributed by atoms with van der Waals surface area (Å²) in [7, 11) is 1.49. The van der Waals surface area contributed by atoms with Gasteiger partial charge in [-0.25, -0.2) is 9.59 Å². The van der Waals surface area contributed by atoms with Gasteiger partial charge >= 0.3 is 12.1 Å². The summed E-state index contributed by atoms with van der Waals surface area (Å²) >= 11 is 0.964. The Balaban J connectivity index is 2.43. The van der Waals surface area contributed by atoms with Gasteiger partial charge in [-0.05, 0) is 12.1 Å². The van der Waals surface area contributed by atoms with Crippen LogP contribution in [0.2, 0.25) is 0 Å². The summed E-state index contributed by atoms with van der Waals surface area (Å²) < 4.78 is 9.20. The molecule has 6 nitrogen and oxygen atoms in total. The van der Waals surface area contributed by atoms with Gasteiger partial charge in [-0.15, -0.1) is 11.3 Å². The summed E-state index contributed by atoms with van der Waals surface area (Å²) in [5.74, 6) is -0.780. The zero-order valence-electron chi connectivity index (χ0n) is 9.10. The van der Waals surface area contributed by atoms with Gasteiger partial charge in [0.25, 0.3) is 0 Å². The highest BCUT2D eigenvalue weighted by atomic mass is 32.1. The zero-order valence-corrected chi connectivity index (χ0v) is 9.91. The van der Waals surface area contributed by atoms with Crippen molar-refractivity contribution in [2.75, 3.05) is 20.3 Å². The second-order valence-electron chi connectivity index (χ2n) is 2.92. The number of hydrogen-bond acceptors (Lipinski definition) is 6. The van der Waals surface area contributed by atoms with Crippen molar-refractivity contribution in [3.05, 3.63) is 21.9 Å². The molecule has 0 fully saturated rings. The summed E-state index contributed by atoms with van der Waals surface area (Å²) in [6, 6.07) is 2.91. The van der Waals surface area contributed by atoms with Gasteiger partial charge in [-0.1, -0.05) is 0 Å². The van der Waals surface area contributed by atoms with Crippen molar-refractivity contribution in [3.63, 3.8) is 0 Å². The Morgan fingerprint density at radius 2 is 2.24 bits per heavy atom. The standard InChI is InChI=1S/C10H11NO5S/c1-15-5-4-11-10(14)16-9(13)8-3-2-7(6-12)17-8/h2-3,6H,4-5H2,1H3,(H,11,14). The number of carbonyl (C=O) groups excluding carboxylic acids is 3. The first-order chi connectivity index (χ1) is 8.17. The maximum Gasteiger partial charge on any atom is 0.415 e. The molecular weight excluding hydrogens is 246 g/mol. The molecule has 1 heterocycles. The summed E-state index contributed by atoms with van der Waals surface area (Å²) in [5, 5.41) is 2.33. The fraction of sp³-hybridized carbons (Fsp3) is 0.300. The number of amides is 1. The molecule has 0 aliphatic carbocycles. The number of esters is 1. The van der Waals surface area contributed by atoms with Crippen LogP contribution in [-0.4, -0.2) is 38.6 Å². The van der Waals surface area contributed by atoms with Gasteiger partial charge in [0.05, 0.1) is 11.5 Å². The van der Waals surface area contributed by atoms with Crippen LogP contribution in [0.1, 0.15) is 19.3 Å². The topological polar surface area (TPSA) is 81.7 Å². The molecule has 0 unspecified atom stereocenters. The van der Waals surface area contributed by atoms with Crippen LogP contribution in [-0.2, 0) is 9.47 Å². The summed E-state index contributed by atoms with van der Waals surface area (Å²) in [6.45, 7) is 0.588. The predicted octanol–water partition coefficient (Wildman–Crippen LogP) is 1.07. The van der Waals surface area contributed by atoms with E-state index in [1.807, 2.05) is 0 Å². The van der Waals surface area contributed by atoms with Crippen molar-refractivity contribution in [1.29, 1.82) is 0 Å². The van der Waals surface area contributed by atoms with E-state index in [4.69, 9.17) is 4.74 Å². The van der Waals surface area contributed by atoms with E-state index in [2.05, 4.69) is 10.1 Å². The molecule has 0 saturated carbocycles. The monoisotopic (exact) mass is 257 g/mol. The first-order valence-corrected chi connectivity index (χ1v) is 5.53. The molecule has 92 valence electrons. The van der Waals surface area contributed by atoms with Gasteiger partial charge in [-0.3, -0.25) is 4.79 Å². The van der Waals surface area contributed by atoms with Gasteiger partial charge in [0, 0.05) is 13.7 Å². The first kappa shape index (κ1) is 13.3. The molecule has 1 aromatic rings. The summed E-state index contributed by atoms with van der Waals surface area (Å²) in [4.78, 5) is 33.5. The Kier molecular flexibility index (Phi) is 5.31. The van der Waals surface area contributed by atoms with E-state index in [1.54, 1.807) is 0 Å². The van der Waals surface area contributed by atoms with Crippen molar-refractivity contribution < 1.29 is 23.9 Å². The lowest BCUT2D eigenvalue weighted by Crippen LogP contribution is -2.29. The van der Waals surface area contributed by atoms with Crippen LogP contribution < -0.4 is 5.32 Å². The lowest BCUT2D eigenvalue weighted by atomic mass is 10.4. The minimum atomic E-state index is -0.840. The van der Waals surface area contributed by atoms with Crippen LogP contribution in [0.25, 0.3) is 0 Å². The quantitative estimate of drug-likeness (QED) is 0.369. The Labute approximate surface area is 102 Å². The second-order valence-corrected chi connectivity index (χ2v) is 4.03. The number of rotatable bonds is 5. The van der Waals surface area contributed by atoms with Crippen molar-refractivity contribution in [2.24, 2.45) is 0 Å². The molecule has 1 aromatic heterocycles. The molecule has 1 rings (SSSR count). The average molecular weight is 257 g/mol. The second kappa shape index (κ2) is 6.77. The Bertz CT molecular complexity index is 415. The lowest BCUT2D eigenvalue weighted by molar-refractivity contribution is 0.0623. The van der Waals surface area contributed by atoms with Crippen molar-refractivity contribution >= 4 is 29.7 Å². The van der Waals surface area contributed by atoms with Crippen LogP contribution in [0, 0.1) is 0 Å². The third kappa shape index (κ3) is 4.33. The van der Waals surface area contributed by atoms with Crippen LogP contribution in [0.5, 0.6) is 0 Å². The van der Waals surface area contributed by atoms with E-state index in [1.165, 1.54) is 19.2 Å². The van der Waals surface area contributed by atoms with E-state index >= 15 is 0 Å². The molecule has 0 spiro atoms. The van der Waals surface area contributed by atoms with Gasteiger partial charge in [-0.2, -0.15) is 0 Å². The van der Waals surface area contributed by atoms with Gasteiger partial charge < -0.3 is 14.8 Å². The zero-order chi connectivity index (χ0) is 12.7. The molecule has 0 saturated heterocycles. The van der Waals surface area contributed by atoms with E-state index in [9.17, 15) is 14.4 Å². The predicted molar refractivity (Wildman–Crippen MR) is 60.4 cm³/mol. The van der Waals surface area contributed by atoms with E-state index < -0.39 is 12.1 Å². The number of alkyl carbamates (subject to hydrolysis) is 1. The molecule has 0 aromatic carbocycles. The van der Waals surface area contributed by atoms with Crippen LogP contribution >= 0.6 is 11.3 Å². The number of methoxy groups -OCH3 is 1. The minimum absolute atomic E-state index is 0.203. The normalized spacial score (nSPS) is 9.71. The maximum absolute atomic E-state index is 11.4. The molecule has 0 aliphatic heterocycles. The van der Waals surface area contributed by atoms with E-state index in [0.717, 1.165) is 11.3 Å². The van der Waals surface area contributed by atoms with E-state index in [-0.39, 0.29) is 11.4 Å². The van der Waals surface area contributed by atoms with Crippen LogP contribution in [0.4, 0.5) is 4.79 Å². The van der Waals surface area contributed by atoms with Gasteiger partial charge in [0.2, 0.25) is 0 Å². The molecule has 1 N–H and O–H groups in total. The van der Waals surface area contributed by atoms with Crippen molar-refractivity contribution in [1.82, 2.24) is 5.32 Å². The highest BCUT2D eigenvalue weighted by molar-refractivity contribution is 7.15. The number of hydrogen-bond donors (Lipinski definition) is 1. The number of ether oxygens (including phenoxy) is 2. The molecule has 17 heavy (non-hydrogen) atoms. The highest BCUT2D eigenvalue weighted by Crippen LogP contribution is 2.15. The fourth-order valence-electron chi connectivity index (χ4n) is 0.952. The molecule has 0 atom stereocenters. The Morgan fingerprint density at radius 1 is 1.47 bits per heavy atom. The Hall–Kier alpha value is -1.73. The fourth-order valence-corrected chi connectivity index (χ4v) is 1.65. The molecular formula is C10H11NO5S. The van der Waals surface area contributed by atoms with Gasteiger partial charge in [0.1, 0.15) is 4.88 Å². The first-order valence-electron chi connectivity index (χ1n) is 4.71. The Morgan fingerprint density at radius 3 is 2.82 bits per heavy atom. The summed E-state index contributed by atoms with van der Waals surface area (Å²) in [5.41, 5.74) is 0. The number of carbonyl (C=O) groups is 3. The number of nitrogens with one attached hydrogen (secondary N) is 1. The molecule has 0 radical (unpaired) electrons. The van der Waals surface area contributed by atoms with Gasteiger partial charge in [0.15, 0.2) is 6.29 Å². The SMILES string of the molecule is COCCNC(=O)OC(=O)c1ccc(C=O)s1. The number of aldehydes is 1. The third-order valence-corrected chi connectivity index (χ3v) is 2.70. The summed E-state index contributed by atoms with van der Waals surface area (Å²) in [6.07, 6.45) is -0.215. The van der Waals surface area contributed by atoms with Crippen LogP contribution in [0.3, 0.4) is 0 Å². The molecule has 7 heteroatoms. The molecule has 0 aliphatic rings. The largest absolute Gasteiger partial charge is 0.415 e. The smallest absolute Gasteiger partial charge is 0.383 e.